The molecule has 1 fully saturated rings. The molecule has 0 atom stereocenters. The van der Waals surface area contributed by atoms with Crippen molar-refractivity contribution in [3.8, 4) is 5.75 Å². The summed E-state index contributed by atoms with van der Waals surface area (Å²) in [4.78, 5) is 0. The Morgan fingerprint density at radius 2 is 2.00 bits per heavy atom. The van der Waals surface area contributed by atoms with Gasteiger partial charge in [0.2, 0.25) is 0 Å². The predicted molar refractivity (Wildman–Crippen MR) is 54.3 cm³/mol. The van der Waals surface area contributed by atoms with Crippen molar-refractivity contribution in [2.75, 3.05) is 0 Å². The zero-order valence-corrected chi connectivity index (χ0v) is 8.42. The second-order valence-corrected chi connectivity index (χ2v) is 4.15. The highest BCUT2D eigenvalue weighted by molar-refractivity contribution is 6.32. The standard InChI is InChI=1S/C11H13ClO/c1-8-6-9(7-8)13-11-5-3-2-4-10(11)12/h2-5,8-9H,6-7H2,1H3/t8-,9-. The molecule has 1 aliphatic carbocycles. The number of rotatable bonds is 2. The molecule has 0 radical (unpaired) electrons. The van der Waals surface area contributed by atoms with Crippen LogP contribution in [0.5, 0.6) is 5.75 Å². The zero-order valence-electron chi connectivity index (χ0n) is 7.66. The van der Waals surface area contributed by atoms with Crippen molar-refractivity contribution in [2.24, 2.45) is 5.92 Å². The van der Waals surface area contributed by atoms with Crippen LogP contribution in [0.1, 0.15) is 19.8 Å². The fraction of sp³-hybridized carbons (Fsp3) is 0.455. The van der Waals surface area contributed by atoms with Gasteiger partial charge in [0.25, 0.3) is 0 Å². The van der Waals surface area contributed by atoms with E-state index in [9.17, 15) is 0 Å². The van der Waals surface area contributed by atoms with Gasteiger partial charge >= 0.3 is 0 Å². The van der Waals surface area contributed by atoms with Gasteiger partial charge in [0.1, 0.15) is 5.75 Å². The fourth-order valence-electron chi connectivity index (χ4n) is 1.64. The van der Waals surface area contributed by atoms with Crippen LogP contribution < -0.4 is 4.74 Å². The summed E-state index contributed by atoms with van der Waals surface area (Å²) in [5.74, 6) is 1.63. The van der Waals surface area contributed by atoms with E-state index in [4.69, 9.17) is 16.3 Å². The first-order valence-electron chi connectivity index (χ1n) is 4.67. The average Bonchev–Trinajstić information content (AvgIpc) is 2.06. The Kier molecular flexibility index (Phi) is 2.45. The van der Waals surface area contributed by atoms with Gasteiger partial charge in [-0.2, -0.15) is 0 Å². The maximum atomic E-state index is 5.96. The lowest BCUT2D eigenvalue weighted by molar-refractivity contribution is 0.0740. The minimum atomic E-state index is 0.384. The van der Waals surface area contributed by atoms with E-state index in [0.717, 1.165) is 24.5 Å². The Hall–Kier alpha value is -0.690. The van der Waals surface area contributed by atoms with E-state index in [1.54, 1.807) is 0 Å². The lowest BCUT2D eigenvalue weighted by atomic mass is 9.84. The van der Waals surface area contributed by atoms with E-state index in [1.807, 2.05) is 24.3 Å². The Bertz CT molecular complexity index is 292. The van der Waals surface area contributed by atoms with Crippen LogP contribution in [0.25, 0.3) is 0 Å². The topological polar surface area (TPSA) is 9.23 Å². The first-order valence-corrected chi connectivity index (χ1v) is 5.04. The molecule has 0 saturated heterocycles. The van der Waals surface area contributed by atoms with Crippen LogP contribution in [0.2, 0.25) is 5.02 Å². The number of para-hydroxylation sites is 1. The van der Waals surface area contributed by atoms with Crippen molar-refractivity contribution in [1.29, 1.82) is 0 Å². The SMILES string of the molecule is C[C@H]1C[C@H](Oc2ccccc2Cl)C1. The van der Waals surface area contributed by atoms with Gasteiger partial charge in [-0.1, -0.05) is 30.7 Å². The number of hydrogen-bond acceptors (Lipinski definition) is 1. The monoisotopic (exact) mass is 196 g/mol. The van der Waals surface area contributed by atoms with Crippen LogP contribution >= 0.6 is 11.6 Å². The van der Waals surface area contributed by atoms with E-state index in [2.05, 4.69) is 6.92 Å². The summed E-state index contributed by atoms with van der Waals surface area (Å²) in [6.45, 7) is 2.24. The van der Waals surface area contributed by atoms with Crippen molar-refractivity contribution >= 4 is 11.6 Å². The highest BCUT2D eigenvalue weighted by Gasteiger charge is 2.27. The van der Waals surface area contributed by atoms with Crippen LogP contribution in [-0.4, -0.2) is 6.10 Å². The third-order valence-corrected chi connectivity index (χ3v) is 2.77. The first kappa shape index (κ1) is 8.89. The van der Waals surface area contributed by atoms with Gasteiger partial charge in [0, 0.05) is 0 Å². The molecule has 1 saturated carbocycles. The Morgan fingerprint density at radius 3 is 2.62 bits per heavy atom. The third kappa shape index (κ3) is 1.97. The van der Waals surface area contributed by atoms with E-state index in [0.29, 0.717) is 11.1 Å². The molecule has 2 heteroatoms. The lowest BCUT2D eigenvalue weighted by Gasteiger charge is -2.33. The Morgan fingerprint density at radius 1 is 1.31 bits per heavy atom. The van der Waals surface area contributed by atoms with Crippen LogP contribution in [-0.2, 0) is 0 Å². The minimum Gasteiger partial charge on any atom is -0.489 e. The number of hydrogen-bond donors (Lipinski definition) is 0. The molecule has 0 amide bonds. The van der Waals surface area contributed by atoms with Crippen molar-refractivity contribution in [3.05, 3.63) is 29.3 Å². The van der Waals surface area contributed by atoms with Crippen LogP contribution in [0.15, 0.2) is 24.3 Å². The molecule has 1 nitrogen and oxygen atoms in total. The van der Waals surface area contributed by atoms with Crippen LogP contribution in [0, 0.1) is 5.92 Å². The normalized spacial score (nSPS) is 26.6. The summed E-state index contributed by atoms with van der Waals surface area (Å²) in [6, 6.07) is 7.65. The largest absolute Gasteiger partial charge is 0.489 e. The molecule has 70 valence electrons. The maximum absolute atomic E-state index is 5.96. The van der Waals surface area contributed by atoms with E-state index < -0.39 is 0 Å². The van der Waals surface area contributed by atoms with Crippen LogP contribution in [0.4, 0.5) is 0 Å². The molecular weight excluding hydrogens is 184 g/mol. The van der Waals surface area contributed by atoms with E-state index >= 15 is 0 Å². The molecule has 2 rings (SSSR count). The molecule has 0 bridgehead atoms. The van der Waals surface area contributed by atoms with Gasteiger partial charge in [-0.25, -0.2) is 0 Å². The van der Waals surface area contributed by atoms with E-state index in [1.165, 1.54) is 0 Å². The van der Waals surface area contributed by atoms with Crippen molar-refractivity contribution in [2.45, 2.75) is 25.9 Å². The van der Waals surface area contributed by atoms with Gasteiger partial charge in [-0.05, 0) is 30.9 Å². The number of ether oxygens (including phenoxy) is 1. The maximum Gasteiger partial charge on any atom is 0.138 e. The van der Waals surface area contributed by atoms with Crippen molar-refractivity contribution in [3.63, 3.8) is 0 Å². The average molecular weight is 197 g/mol. The zero-order chi connectivity index (χ0) is 9.26. The molecule has 0 aliphatic heterocycles. The Labute approximate surface area is 83.7 Å². The minimum absolute atomic E-state index is 0.384. The predicted octanol–water partition coefficient (Wildman–Crippen LogP) is 3.52. The summed E-state index contributed by atoms with van der Waals surface area (Å²) in [7, 11) is 0. The second kappa shape index (κ2) is 3.59. The summed E-state index contributed by atoms with van der Waals surface area (Å²) in [6.07, 6.45) is 2.70. The van der Waals surface area contributed by atoms with Crippen LogP contribution in [0.3, 0.4) is 0 Å². The fourth-order valence-corrected chi connectivity index (χ4v) is 1.82. The quantitative estimate of drug-likeness (QED) is 0.704. The van der Waals surface area contributed by atoms with Gasteiger partial charge < -0.3 is 4.74 Å². The molecule has 1 aromatic carbocycles. The summed E-state index contributed by atoms with van der Waals surface area (Å²) in [5, 5.41) is 0.710. The molecule has 0 unspecified atom stereocenters. The second-order valence-electron chi connectivity index (χ2n) is 3.75. The molecule has 0 N–H and O–H groups in total. The lowest BCUT2D eigenvalue weighted by Crippen LogP contribution is -2.31. The smallest absolute Gasteiger partial charge is 0.138 e. The molecule has 1 aromatic rings. The molecular formula is C11H13ClO. The molecule has 0 aromatic heterocycles. The highest BCUT2D eigenvalue weighted by atomic mass is 35.5. The van der Waals surface area contributed by atoms with Crippen molar-refractivity contribution in [1.82, 2.24) is 0 Å². The molecule has 1 aliphatic rings. The third-order valence-electron chi connectivity index (χ3n) is 2.46. The molecule has 0 spiro atoms. The first-order chi connectivity index (χ1) is 6.25. The van der Waals surface area contributed by atoms with Gasteiger partial charge in [0.15, 0.2) is 0 Å². The summed E-state index contributed by atoms with van der Waals surface area (Å²) >= 11 is 5.96. The Balaban J connectivity index is 1.98. The van der Waals surface area contributed by atoms with Gasteiger partial charge in [-0.15, -0.1) is 0 Å². The van der Waals surface area contributed by atoms with E-state index in [-0.39, 0.29) is 0 Å². The molecule has 13 heavy (non-hydrogen) atoms. The summed E-state index contributed by atoms with van der Waals surface area (Å²) < 4.78 is 5.72. The van der Waals surface area contributed by atoms with Gasteiger partial charge in [-0.3, -0.25) is 0 Å². The van der Waals surface area contributed by atoms with Gasteiger partial charge in [0.05, 0.1) is 11.1 Å². The molecule has 0 heterocycles. The number of halogens is 1. The number of benzene rings is 1. The van der Waals surface area contributed by atoms with Crippen molar-refractivity contribution < 1.29 is 4.74 Å². The summed E-state index contributed by atoms with van der Waals surface area (Å²) in [5.41, 5.74) is 0. The highest BCUT2D eigenvalue weighted by Crippen LogP contribution is 2.33.